The average Bonchev–Trinajstić information content (AvgIpc) is 2.25. The lowest BCUT2D eigenvalue weighted by molar-refractivity contribution is -0.142. The molecule has 0 radical (unpaired) electrons. The lowest BCUT2D eigenvalue weighted by Crippen LogP contribution is -2.42. The molecule has 0 saturated carbocycles. The van der Waals surface area contributed by atoms with Gasteiger partial charge in [0.25, 0.3) is 0 Å². The number of aliphatic hydroxyl groups is 1. The molecule has 0 aliphatic carbocycles. The summed E-state index contributed by atoms with van der Waals surface area (Å²) < 4.78 is 0. The van der Waals surface area contributed by atoms with Crippen molar-refractivity contribution in [1.29, 1.82) is 0 Å². The first kappa shape index (κ1) is 14.9. The van der Waals surface area contributed by atoms with E-state index in [1.165, 1.54) is 0 Å². The Morgan fingerprint density at radius 2 is 2.06 bits per heavy atom. The minimum Gasteiger partial charge on any atom is -0.480 e. The van der Waals surface area contributed by atoms with Gasteiger partial charge in [0.15, 0.2) is 0 Å². The number of amides is 1. The third-order valence-corrected chi connectivity index (χ3v) is 2.44. The normalized spacial score (nSPS) is 14.2. The van der Waals surface area contributed by atoms with Crippen LogP contribution in [-0.4, -0.2) is 41.3 Å². The van der Waals surface area contributed by atoms with Gasteiger partial charge in [-0.05, 0) is 12.5 Å². The maximum absolute atomic E-state index is 11.4. The molecule has 1 amide bonds. The Kier molecular flexibility index (Phi) is 7.49. The van der Waals surface area contributed by atoms with Crippen molar-refractivity contribution in [2.45, 2.75) is 32.2 Å². The predicted octanol–water partition coefficient (Wildman–Crippen LogP) is -0.687. The second kappa shape index (κ2) is 8.06. The van der Waals surface area contributed by atoms with Gasteiger partial charge in [-0.1, -0.05) is 13.3 Å². The van der Waals surface area contributed by atoms with Crippen molar-refractivity contribution in [3.63, 3.8) is 0 Å². The smallest absolute Gasteiger partial charge is 0.326 e. The van der Waals surface area contributed by atoms with Crippen LogP contribution in [0.25, 0.3) is 0 Å². The molecule has 0 saturated heterocycles. The van der Waals surface area contributed by atoms with Crippen LogP contribution in [0.4, 0.5) is 0 Å². The van der Waals surface area contributed by atoms with E-state index in [9.17, 15) is 9.59 Å². The number of carbonyl (C=O) groups excluding carboxylic acids is 1. The fourth-order valence-electron chi connectivity index (χ4n) is 1.30. The highest BCUT2D eigenvalue weighted by Crippen LogP contribution is 2.06. The van der Waals surface area contributed by atoms with Crippen LogP contribution < -0.4 is 11.1 Å². The summed E-state index contributed by atoms with van der Waals surface area (Å²) in [6.07, 6.45) is 1.02. The molecule has 6 heteroatoms. The van der Waals surface area contributed by atoms with E-state index >= 15 is 0 Å². The van der Waals surface area contributed by atoms with Gasteiger partial charge < -0.3 is 21.3 Å². The van der Waals surface area contributed by atoms with Crippen LogP contribution in [0.2, 0.25) is 0 Å². The third kappa shape index (κ3) is 5.67. The van der Waals surface area contributed by atoms with E-state index in [0.717, 1.165) is 6.42 Å². The van der Waals surface area contributed by atoms with Crippen molar-refractivity contribution >= 4 is 11.9 Å². The van der Waals surface area contributed by atoms with Crippen LogP contribution in [0, 0.1) is 5.92 Å². The summed E-state index contributed by atoms with van der Waals surface area (Å²) in [6.45, 7) is 2.06. The lowest BCUT2D eigenvalue weighted by Gasteiger charge is -2.16. The van der Waals surface area contributed by atoms with E-state index in [0.29, 0.717) is 6.54 Å². The quantitative estimate of drug-likeness (QED) is 0.442. The van der Waals surface area contributed by atoms with Gasteiger partial charge in [0.1, 0.15) is 6.04 Å². The highest BCUT2D eigenvalue weighted by Gasteiger charge is 2.20. The van der Waals surface area contributed by atoms with Gasteiger partial charge in [0, 0.05) is 19.4 Å². The highest BCUT2D eigenvalue weighted by molar-refractivity contribution is 5.83. The second-order valence-electron chi connectivity index (χ2n) is 3.68. The largest absolute Gasteiger partial charge is 0.480 e. The summed E-state index contributed by atoms with van der Waals surface area (Å²) in [5.41, 5.74) is 5.44. The molecule has 2 unspecified atom stereocenters. The lowest BCUT2D eigenvalue weighted by atomic mass is 10.0. The zero-order valence-electron chi connectivity index (χ0n) is 9.48. The summed E-state index contributed by atoms with van der Waals surface area (Å²) in [7, 11) is 0. The van der Waals surface area contributed by atoms with Gasteiger partial charge in [-0.15, -0.1) is 0 Å². The first-order valence-electron chi connectivity index (χ1n) is 5.38. The molecule has 0 aromatic rings. The molecule has 0 aromatic heterocycles. The molecule has 2 atom stereocenters. The van der Waals surface area contributed by atoms with Gasteiger partial charge in [-0.25, -0.2) is 4.79 Å². The van der Waals surface area contributed by atoms with Crippen LogP contribution >= 0.6 is 0 Å². The minimum absolute atomic E-state index is 0.0144. The number of hydrogen-bond acceptors (Lipinski definition) is 4. The van der Waals surface area contributed by atoms with Gasteiger partial charge >= 0.3 is 5.97 Å². The number of nitrogens with two attached hydrogens (primary N) is 1. The summed E-state index contributed by atoms with van der Waals surface area (Å²) in [6, 6.07) is -1.02. The Morgan fingerprint density at radius 3 is 2.44 bits per heavy atom. The maximum atomic E-state index is 11.4. The van der Waals surface area contributed by atoms with Crippen LogP contribution in [0.3, 0.4) is 0 Å². The molecular weight excluding hydrogens is 212 g/mol. The van der Waals surface area contributed by atoms with Crippen molar-refractivity contribution in [2.24, 2.45) is 11.7 Å². The molecular formula is C10H20N2O4. The Hall–Kier alpha value is -1.14. The van der Waals surface area contributed by atoms with Crippen LogP contribution in [0.1, 0.15) is 26.2 Å². The number of hydrogen-bond donors (Lipinski definition) is 4. The molecule has 0 heterocycles. The number of nitrogens with one attached hydrogen (secondary N) is 1. The third-order valence-electron chi connectivity index (χ3n) is 2.44. The van der Waals surface area contributed by atoms with E-state index in [4.69, 9.17) is 15.9 Å². The van der Waals surface area contributed by atoms with Gasteiger partial charge in [0.05, 0.1) is 0 Å². The van der Waals surface area contributed by atoms with E-state index in [2.05, 4.69) is 5.32 Å². The maximum Gasteiger partial charge on any atom is 0.326 e. The topological polar surface area (TPSA) is 113 Å². The van der Waals surface area contributed by atoms with Crippen molar-refractivity contribution in [1.82, 2.24) is 5.32 Å². The number of carbonyl (C=O) groups is 2. The first-order chi connectivity index (χ1) is 7.54. The first-order valence-corrected chi connectivity index (χ1v) is 5.38. The van der Waals surface area contributed by atoms with E-state index in [1.54, 1.807) is 0 Å². The van der Waals surface area contributed by atoms with Crippen molar-refractivity contribution in [2.75, 3.05) is 13.2 Å². The molecule has 0 aromatic carbocycles. The number of aliphatic carboxylic acids is 1. The van der Waals surface area contributed by atoms with Crippen molar-refractivity contribution in [3.05, 3.63) is 0 Å². The monoisotopic (exact) mass is 232 g/mol. The zero-order chi connectivity index (χ0) is 12.6. The van der Waals surface area contributed by atoms with Crippen LogP contribution in [-0.2, 0) is 9.59 Å². The molecule has 0 aliphatic rings. The molecule has 0 bridgehead atoms. The summed E-state index contributed by atoms with van der Waals surface area (Å²) >= 11 is 0. The average molecular weight is 232 g/mol. The Bertz CT molecular complexity index is 229. The highest BCUT2D eigenvalue weighted by atomic mass is 16.4. The molecule has 0 fully saturated rings. The number of aliphatic hydroxyl groups excluding tert-OH is 1. The van der Waals surface area contributed by atoms with E-state index < -0.39 is 12.0 Å². The Labute approximate surface area is 94.8 Å². The van der Waals surface area contributed by atoms with Gasteiger partial charge in [0.2, 0.25) is 5.91 Å². The molecule has 6 nitrogen and oxygen atoms in total. The summed E-state index contributed by atoms with van der Waals surface area (Å²) in [4.78, 5) is 22.1. The fraction of sp³-hybridized carbons (Fsp3) is 0.800. The SMILES string of the molecule is CCC(CN)CC(=O)NC(CCO)C(=O)O. The van der Waals surface area contributed by atoms with Crippen molar-refractivity contribution < 1.29 is 19.8 Å². The fourth-order valence-corrected chi connectivity index (χ4v) is 1.30. The summed E-state index contributed by atoms with van der Waals surface area (Å²) in [5.74, 6) is -1.40. The van der Waals surface area contributed by atoms with Crippen LogP contribution in [0.5, 0.6) is 0 Å². The Balaban J connectivity index is 4.13. The molecule has 0 rings (SSSR count). The summed E-state index contributed by atoms with van der Waals surface area (Å²) in [5, 5.41) is 19.8. The minimum atomic E-state index is -1.14. The molecule has 5 N–H and O–H groups in total. The van der Waals surface area contributed by atoms with Crippen LogP contribution in [0.15, 0.2) is 0 Å². The van der Waals surface area contributed by atoms with E-state index in [1.807, 2.05) is 6.92 Å². The van der Waals surface area contributed by atoms with E-state index in [-0.39, 0.29) is 31.3 Å². The number of carboxylic acid groups (broad SMARTS) is 1. The van der Waals surface area contributed by atoms with Gasteiger partial charge in [-0.3, -0.25) is 4.79 Å². The number of rotatable bonds is 8. The Morgan fingerprint density at radius 1 is 1.44 bits per heavy atom. The number of carboxylic acids is 1. The molecule has 0 spiro atoms. The predicted molar refractivity (Wildman–Crippen MR) is 58.7 cm³/mol. The molecule has 94 valence electrons. The molecule has 0 aliphatic heterocycles. The van der Waals surface area contributed by atoms with Crippen molar-refractivity contribution in [3.8, 4) is 0 Å². The second-order valence-corrected chi connectivity index (χ2v) is 3.68. The molecule has 16 heavy (non-hydrogen) atoms. The zero-order valence-corrected chi connectivity index (χ0v) is 9.48. The van der Waals surface area contributed by atoms with Gasteiger partial charge in [-0.2, -0.15) is 0 Å². The standard InChI is InChI=1S/C10H20N2O4/c1-2-7(6-11)5-9(14)12-8(3-4-13)10(15)16/h7-8,13H,2-6,11H2,1H3,(H,12,14)(H,15,16).